The van der Waals surface area contributed by atoms with E-state index < -0.39 is 0 Å². The number of hydrogen-bond acceptors (Lipinski definition) is 1. The summed E-state index contributed by atoms with van der Waals surface area (Å²) in [5.41, 5.74) is 0. The fraction of sp³-hybridized carbons (Fsp3) is 1.00. The van der Waals surface area contributed by atoms with Crippen LogP contribution in [0, 0.1) is 5.92 Å². The highest BCUT2D eigenvalue weighted by Crippen LogP contribution is 2.29. The van der Waals surface area contributed by atoms with Gasteiger partial charge in [-0.2, -0.15) is 0 Å². The molecule has 1 N–H and O–H groups in total. The molecule has 2 aliphatic rings. The molecule has 1 heterocycles. The van der Waals surface area contributed by atoms with E-state index in [1.165, 1.54) is 25.8 Å². The molecule has 1 aliphatic heterocycles. The maximum atomic E-state index is 3.46. The predicted molar refractivity (Wildman–Crippen MR) is 29.1 cm³/mol. The summed E-state index contributed by atoms with van der Waals surface area (Å²) in [5, 5.41) is 3.46. The van der Waals surface area contributed by atoms with E-state index in [0.29, 0.717) is 0 Å². The van der Waals surface area contributed by atoms with E-state index in [1.54, 1.807) is 0 Å². The zero-order valence-electron chi connectivity index (χ0n) is 4.48. The number of fused-ring (bicyclic) bond motifs is 2. The summed E-state index contributed by atoms with van der Waals surface area (Å²) in [4.78, 5) is 0. The van der Waals surface area contributed by atoms with Gasteiger partial charge >= 0.3 is 0 Å². The van der Waals surface area contributed by atoms with Gasteiger partial charge in [-0.1, -0.05) is 0 Å². The average Bonchev–Trinajstić information content (AvgIpc) is 2.22. The molecule has 1 unspecified atom stereocenters. The lowest BCUT2D eigenvalue weighted by molar-refractivity contribution is 0.504. The van der Waals surface area contributed by atoms with Crippen molar-refractivity contribution in [3.05, 3.63) is 0 Å². The normalized spacial score (nSPS) is 48.0. The molecule has 0 spiro atoms. The summed E-state index contributed by atoms with van der Waals surface area (Å²) in [7, 11) is 0. The number of hydrogen-bond donors (Lipinski definition) is 1. The van der Waals surface area contributed by atoms with Crippen molar-refractivity contribution in [3.63, 3.8) is 0 Å². The third-order valence-corrected chi connectivity index (χ3v) is 2.24. The molecule has 1 heteroatoms. The van der Waals surface area contributed by atoms with E-state index in [0.717, 1.165) is 12.0 Å². The molecule has 1 saturated carbocycles. The molecule has 2 rings (SSSR count). The predicted octanol–water partition coefficient (Wildman–Crippen LogP) is 0.758. The van der Waals surface area contributed by atoms with Crippen LogP contribution < -0.4 is 5.32 Å². The van der Waals surface area contributed by atoms with Crippen molar-refractivity contribution in [2.45, 2.75) is 25.3 Å². The second-order valence-electron chi connectivity index (χ2n) is 2.78. The van der Waals surface area contributed by atoms with Gasteiger partial charge in [0, 0.05) is 6.04 Å². The molecule has 0 aromatic rings. The van der Waals surface area contributed by atoms with Crippen LogP contribution >= 0.6 is 0 Å². The first-order chi connectivity index (χ1) is 3.45. The van der Waals surface area contributed by atoms with E-state index in [4.69, 9.17) is 0 Å². The highest BCUT2D eigenvalue weighted by Gasteiger charge is 2.30. The molecule has 0 amide bonds. The second kappa shape index (κ2) is 1.22. The van der Waals surface area contributed by atoms with Crippen molar-refractivity contribution in [2.24, 2.45) is 5.92 Å². The minimum Gasteiger partial charge on any atom is -0.314 e. The molecular formula is C6H11N. The van der Waals surface area contributed by atoms with Crippen LogP contribution in [0.15, 0.2) is 0 Å². The zero-order valence-corrected chi connectivity index (χ0v) is 4.48. The Morgan fingerprint density at radius 2 is 2.29 bits per heavy atom. The van der Waals surface area contributed by atoms with E-state index >= 15 is 0 Å². The molecule has 1 aliphatic carbocycles. The van der Waals surface area contributed by atoms with E-state index in [9.17, 15) is 0 Å². The Morgan fingerprint density at radius 1 is 1.29 bits per heavy atom. The first kappa shape index (κ1) is 3.90. The van der Waals surface area contributed by atoms with Gasteiger partial charge in [-0.05, 0) is 31.7 Å². The molecule has 0 aromatic heterocycles. The van der Waals surface area contributed by atoms with Crippen molar-refractivity contribution >= 4 is 0 Å². The SMILES string of the molecule is C1C[C@H]2CC1CN2. The standard InChI is InChI=1S/C6H11N/c1-2-6-3-5(1)4-7-6/h5-7H,1-4H2/t5?,6-/m0/s1. The van der Waals surface area contributed by atoms with E-state index in [2.05, 4.69) is 5.32 Å². The Kier molecular flexibility index (Phi) is 0.680. The molecular weight excluding hydrogens is 86.1 g/mol. The summed E-state index contributed by atoms with van der Waals surface area (Å²) in [6.45, 7) is 1.31. The average molecular weight is 97.2 g/mol. The van der Waals surface area contributed by atoms with Crippen molar-refractivity contribution in [3.8, 4) is 0 Å². The lowest BCUT2D eigenvalue weighted by atomic mass is 10.1. The van der Waals surface area contributed by atoms with Crippen molar-refractivity contribution < 1.29 is 0 Å². The van der Waals surface area contributed by atoms with Crippen LogP contribution in [0.5, 0.6) is 0 Å². The van der Waals surface area contributed by atoms with Gasteiger partial charge in [0.15, 0.2) is 0 Å². The fourth-order valence-corrected chi connectivity index (χ4v) is 1.78. The van der Waals surface area contributed by atoms with Gasteiger partial charge in [-0.3, -0.25) is 0 Å². The zero-order chi connectivity index (χ0) is 4.69. The molecule has 2 atom stereocenters. The summed E-state index contributed by atoms with van der Waals surface area (Å²) >= 11 is 0. The molecule has 1 nitrogen and oxygen atoms in total. The van der Waals surface area contributed by atoms with Crippen LogP contribution in [0.3, 0.4) is 0 Å². The minimum atomic E-state index is 0.921. The fourth-order valence-electron chi connectivity index (χ4n) is 1.78. The second-order valence-corrected chi connectivity index (χ2v) is 2.78. The van der Waals surface area contributed by atoms with Crippen LogP contribution in [0.1, 0.15) is 19.3 Å². The minimum absolute atomic E-state index is 0.921. The van der Waals surface area contributed by atoms with Gasteiger partial charge < -0.3 is 5.32 Å². The summed E-state index contributed by atoms with van der Waals surface area (Å²) in [6.07, 6.45) is 4.42. The van der Waals surface area contributed by atoms with Gasteiger partial charge in [-0.25, -0.2) is 0 Å². The van der Waals surface area contributed by atoms with Gasteiger partial charge in [0.25, 0.3) is 0 Å². The Labute approximate surface area is 44.1 Å². The Bertz CT molecular complexity index is 62.2. The monoisotopic (exact) mass is 97.1 g/mol. The summed E-state index contributed by atoms with van der Waals surface area (Å²) in [5.74, 6) is 1.06. The number of piperidine rings is 1. The van der Waals surface area contributed by atoms with Crippen LogP contribution in [0.2, 0.25) is 0 Å². The first-order valence-electron chi connectivity index (χ1n) is 3.18. The summed E-state index contributed by atoms with van der Waals surface area (Å²) < 4.78 is 0. The molecule has 2 bridgehead atoms. The third kappa shape index (κ3) is 0.480. The third-order valence-electron chi connectivity index (χ3n) is 2.24. The molecule has 2 fully saturated rings. The van der Waals surface area contributed by atoms with Gasteiger partial charge in [0.1, 0.15) is 0 Å². The topological polar surface area (TPSA) is 12.0 Å². The smallest absolute Gasteiger partial charge is 0.00704 e. The lowest BCUT2D eigenvalue weighted by Gasteiger charge is -2.08. The maximum Gasteiger partial charge on any atom is 0.00704 e. The Morgan fingerprint density at radius 3 is 2.43 bits per heavy atom. The number of nitrogens with one attached hydrogen (secondary N) is 1. The highest BCUT2D eigenvalue weighted by atomic mass is 15.0. The molecule has 0 radical (unpaired) electrons. The summed E-state index contributed by atoms with van der Waals surface area (Å²) in [6, 6.07) is 0.921. The van der Waals surface area contributed by atoms with E-state index in [1.807, 2.05) is 0 Å². The molecule has 0 aromatic carbocycles. The van der Waals surface area contributed by atoms with Crippen LogP contribution in [0.25, 0.3) is 0 Å². The molecule has 1 saturated heterocycles. The number of rotatable bonds is 0. The van der Waals surface area contributed by atoms with Crippen molar-refractivity contribution in [1.82, 2.24) is 5.32 Å². The first-order valence-corrected chi connectivity index (χ1v) is 3.18. The molecule has 40 valence electrons. The Hall–Kier alpha value is -0.0400. The Balaban J connectivity index is 2.12. The quantitative estimate of drug-likeness (QED) is 0.470. The highest BCUT2D eigenvalue weighted by molar-refractivity contribution is 4.88. The van der Waals surface area contributed by atoms with Gasteiger partial charge in [0.05, 0.1) is 0 Å². The van der Waals surface area contributed by atoms with Gasteiger partial charge in [0.2, 0.25) is 0 Å². The van der Waals surface area contributed by atoms with Crippen molar-refractivity contribution in [2.75, 3.05) is 6.54 Å². The van der Waals surface area contributed by atoms with Crippen LogP contribution in [-0.4, -0.2) is 12.6 Å². The van der Waals surface area contributed by atoms with E-state index in [-0.39, 0.29) is 0 Å². The molecule has 7 heavy (non-hydrogen) atoms. The maximum absolute atomic E-state index is 3.46. The van der Waals surface area contributed by atoms with Gasteiger partial charge in [-0.15, -0.1) is 0 Å². The largest absolute Gasteiger partial charge is 0.314 e. The lowest BCUT2D eigenvalue weighted by Crippen LogP contribution is -2.23. The van der Waals surface area contributed by atoms with Crippen molar-refractivity contribution in [1.29, 1.82) is 0 Å². The van der Waals surface area contributed by atoms with Crippen LogP contribution in [-0.2, 0) is 0 Å². The van der Waals surface area contributed by atoms with Crippen LogP contribution in [0.4, 0.5) is 0 Å².